The van der Waals surface area contributed by atoms with Gasteiger partial charge >= 0.3 is 0 Å². The molecule has 1 N–H and O–H groups in total. The van der Waals surface area contributed by atoms with Gasteiger partial charge in [0.15, 0.2) is 0 Å². The first kappa shape index (κ1) is 11.0. The lowest BCUT2D eigenvalue weighted by Gasteiger charge is -2.09. The van der Waals surface area contributed by atoms with Crippen LogP contribution in [0.2, 0.25) is 0 Å². The molecule has 0 saturated carbocycles. The van der Waals surface area contributed by atoms with Gasteiger partial charge < -0.3 is 9.52 Å². The molecule has 2 nitrogen and oxygen atoms in total. The highest BCUT2D eigenvalue weighted by Crippen LogP contribution is 2.24. The first-order valence-corrected chi connectivity index (χ1v) is 5.45. The molecule has 1 atom stereocenters. The Bertz CT molecular complexity index is 457. The van der Waals surface area contributed by atoms with E-state index in [9.17, 15) is 5.11 Å². The molecule has 1 aromatic heterocycles. The maximum absolute atomic E-state index is 10.1. The summed E-state index contributed by atoms with van der Waals surface area (Å²) in [4.78, 5) is 0. The van der Waals surface area contributed by atoms with Gasteiger partial charge in [-0.15, -0.1) is 0 Å². The van der Waals surface area contributed by atoms with Crippen LogP contribution in [0.5, 0.6) is 0 Å². The van der Waals surface area contributed by atoms with E-state index in [1.807, 2.05) is 50.2 Å². The number of hydrogen-bond acceptors (Lipinski definition) is 2. The summed E-state index contributed by atoms with van der Waals surface area (Å²) in [6.07, 6.45) is 0.139. The monoisotopic (exact) mass is 216 g/mol. The fraction of sp³-hybridized carbons (Fsp3) is 0.286. The van der Waals surface area contributed by atoms with Crippen molar-refractivity contribution < 1.29 is 9.52 Å². The fourth-order valence-corrected chi connectivity index (χ4v) is 1.93. The third kappa shape index (κ3) is 2.34. The molecule has 0 saturated heterocycles. The van der Waals surface area contributed by atoms with Crippen LogP contribution in [0.4, 0.5) is 0 Å². The zero-order chi connectivity index (χ0) is 11.5. The SMILES string of the molecule is Cc1cc(C(O)Cc2ccccc2)c(C)o1. The highest BCUT2D eigenvalue weighted by molar-refractivity contribution is 5.25. The van der Waals surface area contributed by atoms with Gasteiger partial charge in [0, 0.05) is 12.0 Å². The predicted molar refractivity (Wildman–Crippen MR) is 63.3 cm³/mol. The van der Waals surface area contributed by atoms with Crippen molar-refractivity contribution >= 4 is 0 Å². The molecule has 1 unspecified atom stereocenters. The van der Waals surface area contributed by atoms with Gasteiger partial charge in [-0.25, -0.2) is 0 Å². The third-order valence-electron chi connectivity index (χ3n) is 2.71. The molecule has 0 aliphatic carbocycles. The number of aliphatic hydroxyl groups excluding tert-OH is 1. The van der Waals surface area contributed by atoms with Gasteiger partial charge in [-0.1, -0.05) is 30.3 Å². The van der Waals surface area contributed by atoms with Crippen LogP contribution >= 0.6 is 0 Å². The Morgan fingerprint density at radius 3 is 2.44 bits per heavy atom. The summed E-state index contributed by atoms with van der Waals surface area (Å²) >= 11 is 0. The molecule has 0 aliphatic heterocycles. The van der Waals surface area contributed by atoms with Crippen molar-refractivity contribution in [3.63, 3.8) is 0 Å². The van der Waals surface area contributed by atoms with Crippen molar-refractivity contribution in [1.82, 2.24) is 0 Å². The highest BCUT2D eigenvalue weighted by atomic mass is 16.3. The molecule has 1 heterocycles. The summed E-state index contributed by atoms with van der Waals surface area (Å²) < 4.78 is 5.41. The topological polar surface area (TPSA) is 33.4 Å². The molecule has 16 heavy (non-hydrogen) atoms. The molecular weight excluding hydrogens is 200 g/mol. The van der Waals surface area contributed by atoms with Crippen molar-refractivity contribution in [1.29, 1.82) is 0 Å². The second-order valence-electron chi connectivity index (χ2n) is 4.07. The summed E-state index contributed by atoms with van der Waals surface area (Å²) in [5.41, 5.74) is 2.02. The average molecular weight is 216 g/mol. The standard InChI is InChI=1S/C14H16O2/c1-10-8-13(11(2)16-10)14(15)9-12-6-4-3-5-7-12/h3-8,14-15H,9H2,1-2H3. The van der Waals surface area contributed by atoms with Crippen molar-refractivity contribution in [3.05, 3.63) is 59.0 Å². The fourth-order valence-electron chi connectivity index (χ4n) is 1.93. The van der Waals surface area contributed by atoms with E-state index < -0.39 is 6.10 Å². The molecule has 0 bridgehead atoms. The molecule has 2 rings (SSSR count). The zero-order valence-electron chi connectivity index (χ0n) is 9.60. The molecule has 2 heteroatoms. The van der Waals surface area contributed by atoms with Crippen LogP contribution in [-0.4, -0.2) is 5.11 Å². The van der Waals surface area contributed by atoms with E-state index >= 15 is 0 Å². The van der Waals surface area contributed by atoms with Crippen LogP contribution < -0.4 is 0 Å². The van der Waals surface area contributed by atoms with Gasteiger partial charge in [-0.05, 0) is 25.5 Å². The largest absolute Gasteiger partial charge is 0.466 e. The zero-order valence-corrected chi connectivity index (χ0v) is 9.60. The molecule has 2 aromatic rings. The Labute approximate surface area is 95.5 Å². The van der Waals surface area contributed by atoms with Crippen molar-refractivity contribution in [2.24, 2.45) is 0 Å². The van der Waals surface area contributed by atoms with Crippen LogP contribution in [0, 0.1) is 13.8 Å². The quantitative estimate of drug-likeness (QED) is 0.854. The minimum Gasteiger partial charge on any atom is -0.466 e. The van der Waals surface area contributed by atoms with Gasteiger partial charge in [0.25, 0.3) is 0 Å². The van der Waals surface area contributed by atoms with Crippen LogP contribution in [0.15, 0.2) is 40.8 Å². The van der Waals surface area contributed by atoms with Gasteiger partial charge in [0.1, 0.15) is 11.5 Å². The normalized spacial score (nSPS) is 12.7. The van der Waals surface area contributed by atoms with Crippen LogP contribution in [0.1, 0.15) is 28.8 Å². The van der Waals surface area contributed by atoms with Gasteiger partial charge in [0.05, 0.1) is 6.10 Å². The lowest BCUT2D eigenvalue weighted by atomic mass is 10.0. The molecule has 1 aromatic carbocycles. The summed E-state index contributed by atoms with van der Waals surface area (Å²) in [6.45, 7) is 3.78. The Balaban J connectivity index is 2.14. The molecule has 84 valence electrons. The number of aliphatic hydroxyl groups is 1. The Hall–Kier alpha value is -1.54. The molecule has 0 aliphatic rings. The molecule has 0 amide bonds. The summed E-state index contributed by atoms with van der Waals surface area (Å²) in [5.74, 6) is 1.65. The number of aryl methyl sites for hydroxylation is 2. The number of benzene rings is 1. The van der Waals surface area contributed by atoms with Crippen LogP contribution in [0.25, 0.3) is 0 Å². The minimum atomic E-state index is -0.486. The van der Waals surface area contributed by atoms with Crippen molar-refractivity contribution in [2.45, 2.75) is 26.4 Å². The predicted octanol–water partition coefficient (Wildman–Crippen LogP) is 3.17. The molecule has 0 spiro atoms. The maximum Gasteiger partial charge on any atom is 0.106 e. The van der Waals surface area contributed by atoms with E-state index in [0.29, 0.717) is 6.42 Å². The second kappa shape index (κ2) is 4.54. The average Bonchev–Trinajstić information content (AvgIpc) is 2.59. The van der Waals surface area contributed by atoms with Gasteiger partial charge in [0.2, 0.25) is 0 Å². The maximum atomic E-state index is 10.1. The van der Waals surface area contributed by atoms with Gasteiger partial charge in [-0.2, -0.15) is 0 Å². The highest BCUT2D eigenvalue weighted by Gasteiger charge is 2.14. The Morgan fingerprint density at radius 2 is 1.88 bits per heavy atom. The summed E-state index contributed by atoms with van der Waals surface area (Å²) in [7, 11) is 0. The smallest absolute Gasteiger partial charge is 0.106 e. The number of rotatable bonds is 3. The van der Waals surface area contributed by atoms with Crippen molar-refractivity contribution in [2.75, 3.05) is 0 Å². The van der Waals surface area contributed by atoms with E-state index in [-0.39, 0.29) is 0 Å². The summed E-state index contributed by atoms with van der Waals surface area (Å²) in [6, 6.07) is 11.9. The lowest BCUT2D eigenvalue weighted by molar-refractivity contribution is 0.176. The summed E-state index contributed by atoms with van der Waals surface area (Å²) in [5, 5.41) is 10.1. The first-order valence-electron chi connectivity index (χ1n) is 5.45. The Kier molecular flexibility index (Phi) is 3.11. The van der Waals surface area contributed by atoms with E-state index in [2.05, 4.69) is 0 Å². The molecule has 0 fully saturated rings. The minimum absolute atomic E-state index is 0.486. The number of hydrogen-bond donors (Lipinski definition) is 1. The Morgan fingerprint density at radius 1 is 1.19 bits per heavy atom. The number of furan rings is 1. The van der Waals surface area contributed by atoms with Crippen LogP contribution in [0.3, 0.4) is 0 Å². The van der Waals surface area contributed by atoms with E-state index in [1.165, 1.54) is 0 Å². The van der Waals surface area contributed by atoms with E-state index in [1.54, 1.807) is 0 Å². The van der Waals surface area contributed by atoms with E-state index in [0.717, 1.165) is 22.6 Å². The van der Waals surface area contributed by atoms with E-state index in [4.69, 9.17) is 4.42 Å². The molecular formula is C14H16O2. The van der Waals surface area contributed by atoms with Crippen LogP contribution in [-0.2, 0) is 6.42 Å². The molecule has 0 radical (unpaired) electrons. The van der Waals surface area contributed by atoms with Gasteiger partial charge in [-0.3, -0.25) is 0 Å². The first-order chi connectivity index (χ1) is 7.66. The van der Waals surface area contributed by atoms with Crippen molar-refractivity contribution in [3.8, 4) is 0 Å². The lowest BCUT2D eigenvalue weighted by Crippen LogP contribution is -2.01. The second-order valence-corrected chi connectivity index (χ2v) is 4.07. The third-order valence-corrected chi connectivity index (χ3v) is 2.71.